The zero-order valence-electron chi connectivity index (χ0n) is 8.17. The average molecular weight is 152 g/mol. The van der Waals surface area contributed by atoms with Gasteiger partial charge in [-0.15, -0.1) is 0 Å². The highest BCUT2D eigenvalue weighted by atomic mass is 14.3. The quantitative estimate of drug-likeness (QED) is 0.504. The van der Waals surface area contributed by atoms with Crippen molar-refractivity contribution in [1.29, 1.82) is 0 Å². The summed E-state index contributed by atoms with van der Waals surface area (Å²) < 4.78 is 0. The fourth-order valence-corrected chi connectivity index (χ4v) is 2.21. The second-order valence-corrected chi connectivity index (χ2v) is 4.40. The van der Waals surface area contributed by atoms with Gasteiger partial charge in [0.1, 0.15) is 0 Å². The minimum absolute atomic E-state index is 0.806. The lowest BCUT2D eigenvalue weighted by molar-refractivity contribution is 0.279. The van der Waals surface area contributed by atoms with Crippen LogP contribution in [0, 0.1) is 23.7 Å². The van der Waals surface area contributed by atoms with Crippen molar-refractivity contribution in [1.82, 2.24) is 0 Å². The highest BCUT2D eigenvalue weighted by Gasteiger charge is 2.22. The molecule has 0 N–H and O–H groups in total. The van der Waals surface area contributed by atoms with Crippen LogP contribution in [0.1, 0.15) is 34.1 Å². The monoisotopic (exact) mass is 152 g/mol. The second kappa shape index (κ2) is 3.42. The van der Waals surface area contributed by atoms with Crippen LogP contribution in [0.3, 0.4) is 0 Å². The molecule has 1 aliphatic rings. The fraction of sp³-hybridized carbons (Fsp3) is 0.818. The molecule has 0 bridgehead atoms. The van der Waals surface area contributed by atoms with Crippen molar-refractivity contribution in [2.24, 2.45) is 23.7 Å². The molecule has 0 aromatic rings. The molecule has 3 unspecified atom stereocenters. The summed E-state index contributed by atoms with van der Waals surface area (Å²) in [6.07, 6.45) is 6.17. The van der Waals surface area contributed by atoms with Gasteiger partial charge >= 0.3 is 0 Å². The molecule has 0 nitrogen and oxygen atoms in total. The Morgan fingerprint density at radius 3 is 2.27 bits per heavy atom. The average Bonchev–Trinajstić information content (AvgIpc) is 1.85. The van der Waals surface area contributed by atoms with E-state index in [0.29, 0.717) is 0 Å². The molecular formula is C11H20. The van der Waals surface area contributed by atoms with Crippen LogP contribution >= 0.6 is 0 Å². The van der Waals surface area contributed by atoms with Gasteiger partial charge in [0.2, 0.25) is 0 Å². The second-order valence-electron chi connectivity index (χ2n) is 4.40. The summed E-state index contributed by atoms with van der Waals surface area (Å²) in [6.45, 7) is 9.33. The molecule has 0 heterocycles. The first-order valence-electron chi connectivity index (χ1n) is 4.79. The highest BCUT2D eigenvalue weighted by molar-refractivity contribution is 5.00. The van der Waals surface area contributed by atoms with Crippen molar-refractivity contribution in [2.75, 3.05) is 0 Å². The normalized spacial score (nSPS) is 38.1. The summed E-state index contributed by atoms with van der Waals surface area (Å²) in [7, 11) is 0. The Kier molecular flexibility index (Phi) is 2.75. The highest BCUT2D eigenvalue weighted by Crippen LogP contribution is 2.32. The van der Waals surface area contributed by atoms with E-state index in [1.807, 2.05) is 0 Å². The molecule has 0 aliphatic heterocycles. The minimum Gasteiger partial charge on any atom is -0.0854 e. The minimum atomic E-state index is 0.806. The van der Waals surface area contributed by atoms with E-state index in [2.05, 4.69) is 39.8 Å². The van der Waals surface area contributed by atoms with E-state index in [1.165, 1.54) is 6.42 Å². The Balaban J connectivity index is 2.61. The molecule has 0 saturated heterocycles. The maximum Gasteiger partial charge on any atom is -0.0184 e. The van der Waals surface area contributed by atoms with Crippen molar-refractivity contribution in [3.63, 3.8) is 0 Å². The Labute approximate surface area is 70.7 Å². The third-order valence-corrected chi connectivity index (χ3v) is 2.83. The first-order chi connectivity index (χ1) is 5.11. The Morgan fingerprint density at radius 2 is 1.82 bits per heavy atom. The van der Waals surface area contributed by atoms with Gasteiger partial charge < -0.3 is 0 Å². The van der Waals surface area contributed by atoms with Crippen LogP contribution in [0.2, 0.25) is 0 Å². The molecule has 1 aliphatic carbocycles. The van der Waals surface area contributed by atoms with Crippen LogP contribution in [0.25, 0.3) is 0 Å². The standard InChI is InChI=1S/C11H20/c1-8(2)11-6-5-9(3)7-10(11)4/h5-6,8-11H,7H2,1-4H3. The van der Waals surface area contributed by atoms with Crippen LogP contribution in [0.5, 0.6) is 0 Å². The van der Waals surface area contributed by atoms with E-state index in [4.69, 9.17) is 0 Å². The molecule has 0 radical (unpaired) electrons. The Hall–Kier alpha value is -0.260. The molecule has 0 amide bonds. The van der Waals surface area contributed by atoms with Crippen molar-refractivity contribution in [3.05, 3.63) is 12.2 Å². The maximum atomic E-state index is 2.42. The molecule has 3 atom stereocenters. The molecule has 0 heteroatoms. The van der Waals surface area contributed by atoms with Crippen LogP contribution in [-0.2, 0) is 0 Å². The van der Waals surface area contributed by atoms with Gasteiger partial charge in [-0.2, -0.15) is 0 Å². The topological polar surface area (TPSA) is 0 Å². The molecule has 64 valence electrons. The van der Waals surface area contributed by atoms with Gasteiger partial charge in [0.05, 0.1) is 0 Å². The lowest BCUT2D eigenvalue weighted by Gasteiger charge is -2.30. The van der Waals surface area contributed by atoms with Crippen LogP contribution < -0.4 is 0 Å². The molecule has 11 heavy (non-hydrogen) atoms. The molecule has 0 saturated carbocycles. The number of hydrogen-bond donors (Lipinski definition) is 0. The van der Waals surface area contributed by atoms with Gasteiger partial charge in [0.15, 0.2) is 0 Å². The van der Waals surface area contributed by atoms with Crippen molar-refractivity contribution in [2.45, 2.75) is 34.1 Å². The Morgan fingerprint density at radius 1 is 1.18 bits per heavy atom. The van der Waals surface area contributed by atoms with Gasteiger partial charge in [-0.3, -0.25) is 0 Å². The van der Waals surface area contributed by atoms with Crippen molar-refractivity contribution < 1.29 is 0 Å². The van der Waals surface area contributed by atoms with Crippen LogP contribution in [0.15, 0.2) is 12.2 Å². The lowest BCUT2D eigenvalue weighted by atomic mass is 9.75. The molecular weight excluding hydrogens is 132 g/mol. The zero-order valence-corrected chi connectivity index (χ0v) is 8.17. The van der Waals surface area contributed by atoms with E-state index in [9.17, 15) is 0 Å². The predicted octanol–water partition coefficient (Wildman–Crippen LogP) is 3.49. The van der Waals surface area contributed by atoms with E-state index >= 15 is 0 Å². The summed E-state index contributed by atoms with van der Waals surface area (Å²) in [5.41, 5.74) is 0. The predicted molar refractivity (Wildman–Crippen MR) is 50.4 cm³/mol. The van der Waals surface area contributed by atoms with E-state index < -0.39 is 0 Å². The van der Waals surface area contributed by atoms with Gasteiger partial charge in [-0.25, -0.2) is 0 Å². The van der Waals surface area contributed by atoms with Crippen LogP contribution in [0.4, 0.5) is 0 Å². The summed E-state index contributed by atoms with van der Waals surface area (Å²) >= 11 is 0. The smallest absolute Gasteiger partial charge is 0.0184 e. The summed E-state index contributed by atoms with van der Waals surface area (Å²) in [4.78, 5) is 0. The maximum absolute atomic E-state index is 2.42. The number of allylic oxidation sites excluding steroid dienone is 2. The third-order valence-electron chi connectivity index (χ3n) is 2.83. The van der Waals surface area contributed by atoms with Gasteiger partial charge in [-0.05, 0) is 30.1 Å². The molecule has 0 fully saturated rings. The summed E-state index contributed by atoms with van der Waals surface area (Å²) in [6, 6.07) is 0. The van der Waals surface area contributed by atoms with Crippen molar-refractivity contribution in [3.8, 4) is 0 Å². The number of rotatable bonds is 1. The van der Waals surface area contributed by atoms with Crippen LogP contribution in [-0.4, -0.2) is 0 Å². The van der Waals surface area contributed by atoms with Gasteiger partial charge in [0.25, 0.3) is 0 Å². The SMILES string of the molecule is CC1C=CC(C(C)C)C(C)C1. The third kappa shape index (κ3) is 2.08. The molecule has 0 aromatic heterocycles. The molecule has 0 spiro atoms. The van der Waals surface area contributed by atoms with E-state index in [-0.39, 0.29) is 0 Å². The number of hydrogen-bond acceptors (Lipinski definition) is 0. The van der Waals surface area contributed by atoms with Gasteiger partial charge in [-0.1, -0.05) is 39.8 Å². The van der Waals surface area contributed by atoms with Gasteiger partial charge in [0, 0.05) is 0 Å². The first kappa shape index (κ1) is 8.83. The summed E-state index contributed by atoms with van der Waals surface area (Å²) in [5, 5.41) is 0. The molecule has 1 rings (SSSR count). The first-order valence-corrected chi connectivity index (χ1v) is 4.79. The lowest BCUT2D eigenvalue weighted by Crippen LogP contribution is -2.21. The Bertz CT molecular complexity index is 144. The fourth-order valence-electron chi connectivity index (χ4n) is 2.21. The molecule has 0 aromatic carbocycles. The summed E-state index contributed by atoms with van der Waals surface area (Å²) in [5.74, 6) is 3.33. The van der Waals surface area contributed by atoms with E-state index in [0.717, 1.165) is 23.7 Å². The zero-order chi connectivity index (χ0) is 8.43. The van der Waals surface area contributed by atoms with Crippen molar-refractivity contribution >= 4 is 0 Å². The van der Waals surface area contributed by atoms with E-state index in [1.54, 1.807) is 0 Å². The largest absolute Gasteiger partial charge is 0.0854 e.